The Morgan fingerprint density at radius 2 is 1.81 bits per heavy atom. The van der Waals surface area contributed by atoms with Gasteiger partial charge in [-0.05, 0) is 24.8 Å². The van der Waals surface area contributed by atoms with Crippen molar-refractivity contribution < 1.29 is 29.3 Å². The first-order chi connectivity index (χ1) is 9.99. The molecule has 0 spiro atoms. The zero-order valence-electron chi connectivity index (χ0n) is 11.2. The lowest BCUT2D eigenvalue weighted by molar-refractivity contribution is -0.310. The molecule has 1 aromatic rings. The van der Waals surface area contributed by atoms with Crippen LogP contribution in [-0.2, 0) is 20.9 Å². The summed E-state index contributed by atoms with van der Waals surface area (Å²) in [5.41, 5.74) is 0.759. The van der Waals surface area contributed by atoms with Crippen molar-refractivity contribution in [3.05, 3.63) is 35.9 Å². The van der Waals surface area contributed by atoms with Gasteiger partial charge in [0.05, 0.1) is 12.0 Å². The van der Waals surface area contributed by atoms with E-state index in [-0.39, 0.29) is 25.9 Å². The van der Waals surface area contributed by atoms with Gasteiger partial charge in [0.15, 0.2) is 0 Å². The van der Waals surface area contributed by atoms with Gasteiger partial charge in [0.25, 0.3) is 0 Å². The molecule has 0 fully saturated rings. The molecule has 1 N–H and O–H groups in total. The zero-order valence-corrected chi connectivity index (χ0v) is 11.2. The number of carboxylic acid groups (broad SMARTS) is 2. The Hall–Kier alpha value is -2.57. The van der Waals surface area contributed by atoms with Gasteiger partial charge in [0.2, 0.25) is 0 Å². The monoisotopic (exact) mass is 293 g/mol. The summed E-state index contributed by atoms with van der Waals surface area (Å²) in [6, 6.07) is 7.58. The Balaban J connectivity index is 2.38. The SMILES string of the molecule is O=C([O-])CCCC(NC(=O)OCc1ccccc1)C(=O)[O-]. The number of rotatable bonds is 8. The Labute approximate surface area is 121 Å². The predicted molar refractivity (Wildman–Crippen MR) is 67.4 cm³/mol. The van der Waals surface area contributed by atoms with Crippen LogP contribution in [0.15, 0.2) is 30.3 Å². The molecular weight excluding hydrogens is 278 g/mol. The summed E-state index contributed by atoms with van der Waals surface area (Å²) in [4.78, 5) is 32.6. The van der Waals surface area contributed by atoms with Gasteiger partial charge in [0, 0.05) is 5.97 Å². The maximum Gasteiger partial charge on any atom is 0.407 e. The van der Waals surface area contributed by atoms with Crippen LogP contribution in [0.2, 0.25) is 0 Å². The molecule has 114 valence electrons. The van der Waals surface area contributed by atoms with E-state index in [4.69, 9.17) is 4.74 Å². The second-order valence-electron chi connectivity index (χ2n) is 4.34. The Morgan fingerprint density at radius 1 is 1.14 bits per heavy atom. The lowest BCUT2D eigenvalue weighted by Gasteiger charge is -2.19. The Bertz CT molecular complexity index is 487. The number of carbonyl (C=O) groups excluding carboxylic acids is 3. The van der Waals surface area contributed by atoms with Crippen molar-refractivity contribution in [2.45, 2.75) is 31.9 Å². The van der Waals surface area contributed by atoms with Crippen molar-refractivity contribution in [3.63, 3.8) is 0 Å². The summed E-state index contributed by atoms with van der Waals surface area (Å²) in [5.74, 6) is -2.77. The van der Waals surface area contributed by atoms with Gasteiger partial charge in [0.1, 0.15) is 6.61 Å². The summed E-state index contributed by atoms with van der Waals surface area (Å²) in [5, 5.41) is 23.2. The normalized spacial score (nSPS) is 11.4. The molecule has 7 heteroatoms. The fourth-order valence-corrected chi connectivity index (χ4v) is 1.61. The minimum atomic E-state index is -1.50. The average molecular weight is 293 g/mol. The number of nitrogens with one attached hydrogen (secondary N) is 1. The number of carbonyl (C=O) groups is 3. The van der Waals surface area contributed by atoms with Crippen molar-refractivity contribution in [2.75, 3.05) is 0 Å². The smallest absolute Gasteiger partial charge is 0.407 e. The Morgan fingerprint density at radius 3 is 2.38 bits per heavy atom. The number of hydrogen-bond donors (Lipinski definition) is 1. The topological polar surface area (TPSA) is 119 Å². The minimum Gasteiger partial charge on any atom is -0.550 e. The summed E-state index contributed by atoms with van der Waals surface area (Å²) < 4.78 is 4.87. The molecule has 1 unspecified atom stereocenters. The molecule has 0 saturated carbocycles. The number of hydrogen-bond acceptors (Lipinski definition) is 6. The van der Waals surface area contributed by atoms with Gasteiger partial charge in [-0.25, -0.2) is 4.79 Å². The molecule has 7 nitrogen and oxygen atoms in total. The molecule has 0 aromatic heterocycles. The summed E-state index contributed by atoms with van der Waals surface area (Å²) in [6.07, 6.45) is -1.21. The standard InChI is InChI=1S/C14H17NO6/c16-12(17)8-4-7-11(13(18)19)15-14(20)21-9-10-5-2-1-3-6-10/h1-3,5-6,11H,4,7-9H2,(H,15,20)(H,16,17)(H,18,19)/p-2. The quantitative estimate of drug-likeness (QED) is 0.653. The highest BCUT2D eigenvalue weighted by Crippen LogP contribution is 2.03. The van der Waals surface area contributed by atoms with Crippen molar-refractivity contribution >= 4 is 18.0 Å². The third-order valence-electron chi connectivity index (χ3n) is 2.66. The first-order valence-corrected chi connectivity index (χ1v) is 6.37. The number of benzene rings is 1. The van der Waals surface area contributed by atoms with Crippen LogP contribution >= 0.6 is 0 Å². The van der Waals surface area contributed by atoms with Crippen molar-refractivity contribution in [1.29, 1.82) is 0 Å². The van der Waals surface area contributed by atoms with Crippen LogP contribution in [-0.4, -0.2) is 24.1 Å². The van der Waals surface area contributed by atoms with E-state index in [0.29, 0.717) is 0 Å². The van der Waals surface area contributed by atoms with Crippen molar-refractivity contribution in [1.82, 2.24) is 5.32 Å². The van der Waals surface area contributed by atoms with Gasteiger partial charge in [-0.1, -0.05) is 30.3 Å². The van der Waals surface area contributed by atoms with Gasteiger partial charge < -0.3 is 29.9 Å². The van der Waals surface area contributed by atoms with E-state index in [1.165, 1.54) is 0 Å². The fraction of sp³-hybridized carbons (Fsp3) is 0.357. The van der Waals surface area contributed by atoms with Gasteiger partial charge >= 0.3 is 6.09 Å². The second-order valence-corrected chi connectivity index (χ2v) is 4.34. The summed E-state index contributed by atoms with van der Waals surface area (Å²) >= 11 is 0. The van der Waals surface area contributed by atoms with Crippen LogP contribution in [0.3, 0.4) is 0 Å². The number of amides is 1. The Kier molecular flexibility index (Phi) is 6.73. The molecule has 1 atom stereocenters. The second kappa shape index (κ2) is 8.57. The van der Waals surface area contributed by atoms with E-state index in [1.807, 2.05) is 6.07 Å². The summed E-state index contributed by atoms with van der Waals surface area (Å²) in [6.45, 7) is 0.00544. The maximum atomic E-state index is 11.5. The number of alkyl carbamates (subject to hydrolysis) is 1. The molecule has 0 heterocycles. The van der Waals surface area contributed by atoms with E-state index in [1.54, 1.807) is 24.3 Å². The van der Waals surface area contributed by atoms with Crippen LogP contribution in [0.4, 0.5) is 4.79 Å². The van der Waals surface area contributed by atoms with Crippen LogP contribution in [0.25, 0.3) is 0 Å². The van der Waals surface area contributed by atoms with Crippen LogP contribution in [0, 0.1) is 0 Å². The number of carboxylic acids is 2. The zero-order chi connectivity index (χ0) is 15.7. The molecule has 1 amide bonds. The highest BCUT2D eigenvalue weighted by atomic mass is 16.5. The average Bonchev–Trinajstić information content (AvgIpc) is 2.44. The van der Waals surface area contributed by atoms with E-state index >= 15 is 0 Å². The summed E-state index contributed by atoms with van der Waals surface area (Å²) in [7, 11) is 0. The molecule has 0 aliphatic heterocycles. The number of aliphatic carboxylic acids is 2. The third-order valence-corrected chi connectivity index (χ3v) is 2.66. The van der Waals surface area contributed by atoms with E-state index < -0.39 is 24.1 Å². The predicted octanol–water partition coefficient (Wildman–Crippen LogP) is -1.05. The van der Waals surface area contributed by atoms with E-state index in [9.17, 15) is 24.6 Å². The van der Waals surface area contributed by atoms with Crippen LogP contribution in [0.1, 0.15) is 24.8 Å². The largest absolute Gasteiger partial charge is 0.550 e. The highest BCUT2D eigenvalue weighted by Gasteiger charge is 2.14. The van der Waals surface area contributed by atoms with Crippen molar-refractivity contribution in [3.8, 4) is 0 Å². The molecule has 1 rings (SSSR count). The van der Waals surface area contributed by atoms with Crippen LogP contribution < -0.4 is 15.5 Å². The van der Waals surface area contributed by atoms with Gasteiger partial charge in [-0.15, -0.1) is 0 Å². The molecule has 1 aromatic carbocycles. The van der Waals surface area contributed by atoms with Crippen LogP contribution in [0.5, 0.6) is 0 Å². The molecule has 0 saturated heterocycles. The molecular formula is C14H15NO6-2. The first-order valence-electron chi connectivity index (χ1n) is 6.37. The third kappa shape index (κ3) is 6.95. The highest BCUT2D eigenvalue weighted by molar-refractivity contribution is 5.78. The molecule has 0 aliphatic rings. The number of ether oxygens (including phenoxy) is 1. The molecule has 0 bridgehead atoms. The lowest BCUT2D eigenvalue weighted by atomic mass is 10.1. The molecule has 0 radical (unpaired) electrons. The van der Waals surface area contributed by atoms with Gasteiger partial charge in [-0.2, -0.15) is 0 Å². The van der Waals surface area contributed by atoms with E-state index in [0.717, 1.165) is 5.56 Å². The van der Waals surface area contributed by atoms with Gasteiger partial charge in [-0.3, -0.25) is 0 Å². The van der Waals surface area contributed by atoms with E-state index in [2.05, 4.69) is 5.32 Å². The molecule has 0 aliphatic carbocycles. The van der Waals surface area contributed by atoms with Crippen molar-refractivity contribution in [2.24, 2.45) is 0 Å². The minimum absolute atomic E-state index is 0.00544. The fourth-order valence-electron chi connectivity index (χ4n) is 1.61. The molecule has 21 heavy (non-hydrogen) atoms. The first kappa shape index (κ1) is 16.5. The maximum absolute atomic E-state index is 11.5. The lowest BCUT2D eigenvalue weighted by Crippen LogP contribution is -2.48.